The molecule has 6 heteroatoms. The highest BCUT2D eigenvalue weighted by Crippen LogP contribution is 2.24. The monoisotopic (exact) mass is 374 g/mol. The first-order valence-corrected chi connectivity index (χ1v) is 9.58. The van der Waals surface area contributed by atoms with Crippen LogP contribution in [0.25, 0.3) is 22.2 Å². The Bertz CT molecular complexity index is 1000. The molecule has 1 fully saturated rings. The first kappa shape index (κ1) is 18.1. The lowest BCUT2D eigenvalue weighted by Crippen LogP contribution is -2.30. The van der Waals surface area contributed by atoms with E-state index in [9.17, 15) is 9.59 Å². The molecule has 142 valence electrons. The molecule has 3 aromatic rings. The smallest absolute Gasteiger partial charge is 0.252 e. The molecule has 4 rings (SSSR count). The first-order valence-electron chi connectivity index (χ1n) is 9.58. The number of carbonyl (C=O) groups is 2. The summed E-state index contributed by atoms with van der Waals surface area (Å²) in [5.41, 5.74) is 3.05. The van der Waals surface area contributed by atoms with E-state index < -0.39 is 0 Å². The lowest BCUT2D eigenvalue weighted by molar-refractivity contribution is -0.127. The topological polar surface area (TPSA) is 75.2 Å². The van der Waals surface area contributed by atoms with Crippen molar-refractivity contribution >= 4 is 22.7 Å². The van der Waals surface area contributed by atoms with Crippen LogP contribution in [0.5, 0.6) is 0 Å². The zero-order valence-corrected chi connectivity index (χ0v) is 15.6. The van der Waals surface area contributed by atoms with E-state index in [4.69, 9.17) is 4.98 Å². The highest BCUT2D eigenvalue weighted by atomic mass is 16.2. The second-order valence-corrected chi connectivity index (χ2v) is 6.90. The van der Waals surface area contributed by atoms with Crippen LogP contribution in [0.1, 0.15) is 29.6 Å². The van der Waals surface area contributed by atoms with Crippen molar-refractivity contribution < 1.29 is 9.59 Å². The fourth-order valence-corrected chi connectivity index (χ4v) is 3.54. The minimum absolute atomic E-state index is 0.123. The number of para-hydroxylation sites is 1. The Morgan fingerprint density at radius 3 is 2.75 bits per heavy atom. The van der Waals surface area contributed by atoms with Gasteiger partial charge in [-0.1, -0.05) is 18.2 Å². The predicted octanol–water partition coefficient (Wildman–Crippen LogP) is 3.04. The van der Waals surface area contributed by atoms with Gasteiger partial charge in [-0.2, -0.15) is 0 Å². The molecular formula is C22H22N4O2. The first-order chi connectivity index (χ1) is 13.7. The average molecular weight is 374 g/mol. The molecule has 0 atom stereocenters. The van der Waals surface area contributed by atoms with Gasteiger partial charge in [0, 0.05) is 49.4 Å². The van der Waals surface area contributed by atoms with Gasteiger partial charge in [0.1, 0.15) is 0 Å². The van der Waals surface area contributed by atoms with Gasteiger partial charge in [-0.25, -0.2) is 4.98 Å². The third-order valence-electron chi connectivity index (χ3n) is 5.00. The number of amides is 2. The van der Waals surface area contributed by atoms with E-state index in [-0.39, 0.29) is 11.8 Å². The Hall–Kier alpha value is -3.28. The van der Waals surface area contributed by atoms with Gasteiger partial charge in [0.15, 0.2) is 0 Å². The van der Waals surface area contributed by atoms with E-state index in [0.717, 1.165) is 41.5 Å². The molecule has 0 spiro atoms. The van der Waals surface area contributed by atoms with Crippen molar-refractivity contribution in [3.63, 3.8) is 0 Å². The van der Waals surface area contributed by atoms with Crippen molar-refractivity contribution in [3.05, 3.63) is 60.4 Å². The minimum Gasteiger partial charge on any atom is -0.352 e. The quantitative estimate of drug-likeness (QED) is 0.673. The van der Waals surface area contributed by atoms with Crippen LogP contribution in [0.15, 0.2) is 54.9 Å². The second kappa shape index (κ2) is 8.17. The summed E-state index contributed by atoms with van der Waals surface area (Å²) in [6, 6.07) is 13.2. The van der Waals surface area contributed by atoms with E-state index in [1.54, 1.807) is 12.4 Å². The molecule has 2 amide bonds. The van der Waals surface area contributed by atoms with Crippen LogP contribution in [-0.4, -0.2) is 46.3 Å². The van der Waals surface area contributed by atoms with Crippen LogP contribution in [0.2, 0.25) is 0 Å². The zero-order chi connectivity index (χ0) is 19.3. The minimum atomic E-state index is -0.123. The van der Waals surface area contributed by atoms with E-state index in [1.165, 1.54) is 0 Å². The lowest BCUT2D eigenvalue weighted by Gasteiger charge is -2.15. The Kier molecular flexibility index (Phi) is 5.28. The van der Waals surface area contributed by atoms with Crippen molar-refractivity contribution in [1.82, 2.24) is 20.2 Å². The number of carbonyl (C=O) groups excluding carboxylic acids is 2. The average Bonchev–Trinajstić information content (AvgIpc) is 3.15. The maximum atomic E-state index is 12.9. The summed E-state index contributed by atoms with van der Waals surface area (Å²) in [7, 11) is 0. The van der Waals surface area contributed by atoms with Crippen molar-refractivity contribution in [1.29, 1.82) is 0 Å². The maximum absolute atomic E-state index is 12.9. The third kappa shape index (κ3) is 3.86. The SMILES string of the molecule is O=C(NCCCN1CCCC1=O)c1cc(-c2ccncc2)nc2ccccc12. The van der Waals surface area contributed by atoms with Crippen LogP contribution in [0.4, 0.5) is 0 Å². The van der Waals surface area contributed by atoms with Gasteiger partial charge in [-0.15, -0.1) is 0 Å². The molecule has 0 aliphatic carbocycles. The summed E-state index contributed by atoms with van der Waals surface area (Å²) in [4.78, 5) is 35.1. The van der Waals surface area contributed by atoms with Crippen LogP contribution in [-0.2, 0) is 4.79 Å². The molecule has 6 nitrogen and oxygen atoms in total. The molecule has 1 saturated heterocycles. The zero-order valence-electron chi connectivity index (χ0n) is 15.6. The number of aromatic nitrogens is 2. The van der Waals surface area contributed by atoms with Crippen LogP contribution >= 0.6 is 0 Å². The summed E-state index contributed by atoms with van der Waals surface area (Å²) in [5.74, 6) is 0.0927. The van der Waals surface area contributed by atoms with Crippen molar-refractivity contribution in [3.8, 4) is 11.3 Å². The predicted molar refractivity (Wildman–Crippen MR) is 108 cm³/mol. The van der Waals surface area contributed by atoms with Gasteiger partial charge in [0.2, 0.25) is 5.91 Å². The number of pyridine rings is 2. The van der Waals surface area contributed by atoms with Gasteiger partial charge >= 0.3 is 0 Å². The standard InChI is InChI=1S/C22H22N4O2/c27-21-7-3-13-26(21)14-4-10-24-22(28)18-15-20(16-8-11-23-12-9-16)25-19-6-2-1-5-17(18)19/h1-2,5-6,8-9,11-12,15H,3-4,7,10,13-14H2,(H,24,28). The number of rotatable bonds is 6. The fourth-order valence-electron chi connectivity index (χ4n) is 3.54. The molecule has 0 saturated carbocycles. The van der Waals surface area contributed by atoms with E-state index in [2.05, 4.69) is 10.3 Å². The molecule has 2 aromatic heterocycles. The molecule has 0 unspecified atom stereocenters. The molecule has 1 aliphatic heterocycles. The summed E-state index contributed by atoms with van der Waals surface area (Å²) in [6.07, 6.45) is 5.76. The number of hydrogen-bond acceptors (Lipinski definition) is 4. The fraction of sp³-hybridized carbons (Fsp3) is 0.273. The Balaban J connectivity index is 1.51. The molecule has 1 aromatic carbocycles. The van der Waals surface area contributed by atoms with Gasteiger partial charge in [-0.3, -0.25) is 14.6 Å². The number of likely N-dealkylation sites (tertiary alicyclic amines) is 1. The normalized spacial score (nSPS) is 13.9. The Morgan fingerprint density at radius 2 is 1.96 bits per heavy atom. The summed E-state index contributed by atoms with van der Waals surface area (Å²) < 4.78 is 0. The summed E-state index contributed by atoms with van der Waals surface area (Å²) in [5, 5.41) is 3.82. The highest BCUT2D eigenvalue weighted by molar-refractivity contribution is 6.07. The number of fused-ring (bicyclic) bond motifs is 1. The molecule has 3 heterocycles. The maximum Gasteiger partial charge on any atom is 0.252 e. The number of nitrogens with one attached hydrogen (secondary N) is 1. The van der Waals surface area contributed by atoms with Crippen LogP contribution in [0, 0.1) is 0 Å². The number of nitrogens with zero attached hydrogens (tertiary/aromatic N) is 3. The number of hydrogen-bond donors (Lipinski definition) is 1. The molecular weight excluding hydrogens is 352 g/mol. The van der Waals surface area contributed by atoms with Gasteiger partial charge < -0.3 is 10.2 Å². The Labute approximate surface area is 163 Å². The van der Waals surface area contributed by atoms with E-state index in [1.807, 2.05) is 47.4 Å². The van der Waals surface area contributed by atoms with E-state index >= 15 is 0 Å². The van der Waals surface area contributed by atoms with Crippen LogP contribution < -0.4 is 5.32 Å². The van der Waals surface area contributed by atoms with Crippen molar-refractivity contribution in [2.45, 2.75) is 19.3 Å². The molecule has 0 radical (unpaired) electrons. The largest absolute Gasteiger partial charge is 0.352 e. The molecule has 1 N–H and O–H groups in total. The van der Waals surface area contributed by atoms with E-state index in [0.29, 0.717) is 25.1 Å². The van der Waals surface area contributed by atoms with Gasteiger partial charge in [-0.05, 0) is 37.1 Å². The van der Waals surface area contributed by atoms with Crippen molar-refractivity contribution in [2.75, 3.05) is 19.6 Å². The van der Waals surface area contributed by atoms with Crippen molar-refractivity contribution in [2.24, 2.45) is 0 Å². The van der Waals surface area contributed by atoms with Gasteiger partial charge in [0.25, 0.3) is 5.91 Å². The lowest BCUT2D eigenvalue weighted by atomic mass is 10.0. The van der Waals surface area contributed by atoms with Crippen LogP contribution in [0.3, 0.4) is 0 Å². The third-order valence-corrected chi connectivity index (χ3v) is 5.00. The summed E-state index contributed by atoms with van der Waals surface area (Å²) >= 11 is 0. The molecule has 0 bridgehead atoms. The molecule has 1 aliphatic rings. The summed E-state index contributed by atoms with van der Waals surface area (Å²) in [6.45, 7) is 2.05. The number of benzene rings is 1. The highest BCUT2D eigenvalue weighted by Gasteiger charge is 2.19. The molecule has 28 heavy (non-hydrogen) atoms. The van der Waals surface area contributed by atoms with Gasteiger partial charge in [0.05, 0.1) is 16.8 Å². The second-order valence-electron chi connectivity index (χ2n) is 6.90. The Morgan fingerprint density at radius 1 is 1.14 bits per heavy atom.